The third-order valence-electron chi connectivity index (χ3n) is 4.42. The van der Waals surface area contributed by atoms with Crippen molar-refractivity contribution in [2.24, 2.45) is 0 Å². The van der Waals surface area contributed by atoms with E-state index < -0.39 is 16.9 Å². The number of anilines is 2. The molecule has 1 unspecified atom stereocenters. The van der Waals surface area contributed by atoms with E-state index in [0.717, 1.165) is 5.56 Å². The molecule has 0 fully saturated rings. The van der Waals surface area contributed by atoms with E-state index in [2.05, 4.69) is 10.6 Å². The van der Waals surface area contributed by atoms with E-state index in [-0.39, 0.29) is 17.2 Å². The van der Waals surface area contributed by atoms with Crippen molar-refractivity contribution in [1.29, 1.82) is 0 Å². The molecule has 1 heterocycles. The Balaban J connectivity index is 1.50. The van der Waals surface area contributed by atoms with Crippen LogP contribution in [0.4, 0.5) is 17.1 Å². The number of fused-ring (bicyclic) bond motifs is 1. The molecule has 4 rings (SSSR count). The van der Waals surface area contributed by atoms with Gasteiger partial charge in [0.1, 0.15) is 5.75 Å². The van der Waals surface area contributed by atoms with Crippen LogP contribution >= 0.6 is 0 Å². The highest BCUT2D eigenvalue weighted by Crippen LogP contribution is 2.36. The van der Waals surface area contributed by atoms with Gasteiger partial charge < -0.3 is 15.4 Å². The Morgan fingerprint density at radius 2 is 1.76 bits per heavy atom. The van der Waals surface area contributed by atoms with Crippen molar-refractivity contribution in [1.82, 2.24) is 0 Å². The van der Waals surface area contributed by atoms with Crippen molar-refractivity contribution in [3.8, 4) is 5.75 Å². The zero-order valence-electron chi connectivity index (χ0n) is 15.0. The average molecular weight is 389 g/mol. The normalized spacial score (nSPS) is 14.9. The summed E-state index contributed by atoms with van der Waals surface area (Å²) in [5.41, 5.74) is 1.82. The highest BCUT2D eigenvalue weighted by Gasteiger charge is 2.29. The van der Waals surface area contributed by atoms with E-state index in [4.69, 9.17) is 4.74 Å². The van der Waals surface area contributed by atoms with E-state index in [9.17, 15) is 19.7 Å². The van der Waals surface area contributed by atoms with Crippen molar-refractivity contribution >= 4 is 28.9 Å². The molecule has 2 N–H and O–H groups in total. The average Bonchev–Trinajstić information content (AvgIpc) is 2.74. The van der Waals surface area contributed by atoms with Gasteiger partial charge in [-0.1, -0.05) is 30.3 Å². The van der Waals surface area contributed by atoms with Crippen LogP contribution in [0.2, 0.25) is 0 Å². The standard InChI is InChI=1S/C21H15N3O5/c25-20(14-6-9-16(10-7-14)24(27)28)22-15-8-11-18-17(12-15)23-21(26)19(29-18)13-4-2-1-3-5-13/h1-12,19H,(H,22,25)(H,23,26). The maximum absolute atomic E-state index is 12.4. The smallest absolute Gasteiger partial charge is 0.270 e. The van der Waals surface area contributed by atoms with Crippen LogP contribution in [0, 0.1) is 10.1 Å². The number of hydrogen-bond acceptors (Lipinski definition) is 5. The van der Waals surface area contributed by atoms with E-state index in [1.165, 1.54) is 24.3 Å². The number of benzene rings is 3. The molecule has 1 aliphatic rings. The fourth-order valence-corrected chi connectivity index (χ4v) is 2.97. The second-order valence-corrected chi connectivity index (χ2v) is 6.37. The predicted molar refractivity (Wildman–Crippen MR) is 106 cm³/mol. The Hall–Kier alpha value is -4.20. The second kappa shape index (κ2) is 7.43. The van der Waals surface area contributed by atoms with Crippen molar-refractivity contribution < 1.29 is 19.2 Å². The third kappa shape index (κ3) is 3.77. The molecule has 144 valence electrons. The van der Waals surface area contributed by atoms with E-state index in [1.807, 2.05) is 30.3 Å². The first-order valence-electron chi connectivity index (χ1n) is 8.73. The van der Waals surface area contributed by atoms with Gasteiger partial charge in [-0.25, -0.2) is 0 Å². The number of non-ortho nitro benzene ring substituents is 1. The predicted octanol–water partition coefficient (Wildman–Crippen LogP) is 3.92. The third-order valence-corrected chi connectivity index (χ3v) is 4.42. The summed E-state index contributed by atoms with van der Waals surface area (Å²) >= 11 is 0. The molecule has 0 saturated carbocycles. The van der Waals surface area contributed by atoms with Gasteiger partial charge in [0, 0.05) is 28.9 Å². The van der Waals surface area contributed by atoms with Crippen molar-refractivity contribution in [3.05, 3.63) is 94.0 Å². The molecular formula is C21H15N3O5. The van der Waals surface area contributed by atoms with Gasteiger partial charge in [0.05, 0.1) is 10.6 Å². The van der Waals surface area contributed by atoms with Crippen LogP contribution in [-0.2, 0) is 4.79 Å². The van der Waals surface area contributed by atoms with Gasteiger partial charge in [0.15, 0.2) is 0 Å². The number of hydrogen-bond donors (Lipinski definition) is 2. The second-order valence-electron chi connectivity index (χ2n) is 6.37. The minimum Gasteiger partial charge on any atom is -0.474 e. The summed E-state index contributed by atoms with van der Waals surface area (Å²) in [5.74, 6) is -0.237. The summed E-state index contributed by atoms with van der Waals surface area (Å²) in [6.07, 6.45) is -0.746. The van der Waals surface area contributed by atoms with Crippen LogP contribution in [0.1, 0.15) is 22.0 Å². The summed E-state index contributed by atoms with van der Waals surface area (Å²) in [6, 6.07) is 19.3. The number of nitrogens with zero attached hydrogens (tertiary/aromatic N) is 1. The van der Waals surface area contributed by atoms with Gasteiger partial charge in [0.25, 0.3) is 17.5 Å². The van der Waals surface area contributed by atoms with Gasteiger partial charge in [-0.2, -0.15) is 0 Å². The first kappa shape index (κ1) is 18.2. The summed E-state index contributed by atoms with van der Waals surface area (Å²) in [5, 5.41) is 16.2. The first-order chi connectivity index (χ1) is 14.0. The van der Waals surface area contributed by atoms with Crippen LogP contribution in [0.3, 0.4) is 0 Å². The number of rotatable bonds is 4. The number of nitrogens with one attached hydrogen (secondary N) is 2. The Kier molecular flexibility index (Phi) is 4.66. The number of carbonyl (C=O) groups is 2. The molecule has 8 nitrogen and oxygen atoms in total. The fraction of sp³-hybridized carbons (Fsp3) is 0.0476. The molecule has 1 aliphatic heterocycles. The summed E-state index contributed by atoms with van der Waals surface area (Å²) in [7, 11) is 0. The van der Waals surface area contributed by atoms with Gasteiger partial charge in [-0.3, -0.25) is 19.7 Å². The molecule has 8 heteroatoms. The first-order valence-corrected chi connectivity index (χ1v) is 8.73. The zero-order chi connectivity index (χ0) is 20.4. The quantitative estimate of drug-likeness (QED) is 0.519. The Morgan fingerprint density at radius 1 is 1.03 bits per heavy atom. The molecule has 0 aliphatic carbocycles. The lowest BCUT2D eigenvalue weighted by Gasteiger charge is -2.26. The monoisotopic (exact) mass is 389 g/mol. The molecular weight excluding hydrogens is 374 g/mol. The maximum atomic E-state index is 12.4. The van der Waals surface area contributed by atoms with Crippen molar-refractivity contribution in [2.75, 3.05) is 10.6 Å². The molecule has 2 amide bonds. The van der Waals surface area contributed by atoms with Crippen LogP contribution in [0.5, 0.6) is 5.75 Å². The Bertz CT molecular complexity index is 1100. The molecule has 3 aromatic carbocycles. The molecule has 0 radical (unpaired) electrons. The van der Waals surface area contributed by atoms with Crippen molar-refractivity contribution in [3.63, 3.8) is 0 Å². The van der Waals surface area contributed by atoms with Crippen LogP contribution in [0.15, 0.2) is 72.8 Å². The highest BCUT2D eigenvalue weighted by molar-refractivity contribution is 6.05. The Morgan fingerprint density at radius 3 is 2.45 bits per heavy atom. The molecule has 0 saturated heterocycles. The molecule has 29 heavy (non-hydrogen) atoms. The number of nitro groups is 1. The minimum absolute atomic E-state index is 0.0943. The zero-order valence-corrected chi connectivity index (χ0v) is 15.0. The molecule has 1 atom stereocenters. The summed E-state index contributed by atoms with van der Waals surface area (Å²) in [6.45, 7) is 0. The lowest BCUT2D eigenvalue weighted by Crippen LogP contribution is -2.30. The fourth-order valence-electron chi connectivity index (χ4n) is 2.97. The van der Waals surface area contributed by atoms with E-state index in [0.29, 0.717) is 17.1 Å². The Labute approximate surface area is 165 Å². The van der Waals surface area contributed by atoms with E-state index in [1.54, 1.807) is 18.2 Å². The number of carbonyl (C=O) groups excluding carboxylic acids is 2. The summed E-state index contributed by atoms with van der Waals surface area (Å²) < 4.78 is 5.82. The van der Waals surface area contributed by atoms with Gasteiger partial charge in [0.2, 0.25) is 6.10 Å². The summed E-state index contributed by atoms with van der Waals surface area (Å²) in [4.78, 5) is 35.0. The molecule has 0 aromatic heterocycles. The topological polar surface area (TPSA) is 111 Å². The van der Waals surface area contributed by atoms with Crippen molar-refractivity contribution in [2.45, 2.75) is 6.10 Å². The molecule has 3 aromatic rings. The molecule has 0 spiro atoms. The SMILES string of the molecule is O=C(Nc1ccc2c(c1)NC(=O)C(c1ccccc1)O2)c1ccc([N+](=O)[O-])cc1. The van der Waals surface area contributed by atoms with Gasteiger partial charge in [-0.15, -0.1) is 0 Å². The minimum atomic E-state index is -0.746. The largest absolute Gasteiger partial charge is 0.474 e. The highest BCUT2D eigenvalue weighted by atomic mass is 16.6. The van der Waals surface area contributed by atoms with Crippen LogP contribution in [0.25, 0.3) is 0 Å². The molecule has 0 bridgehead atoms. The number of amides is 2. The van der Waals surface area contributed by atoms with Crippen LogP contribution in [-0.4, -0.2) is 16.7 Å². The van der Waals surface area contributed by atoms with E-state index >= 15 is 0 Å². The van der Waals surface area contributed by atoms with Gasteiger partial charge >= 0.3 is 0 Å². The van der Waals surface area contributed by atoms with Crippen LogP contribution < -0.4 is 15.4 Å². The lowest BCUT2D eigenvalue weighted by molar-refractivity contribution is -0.384. The van der Waals surface area contributed by atoms with Gasteiger partial charge in [-0.05, 0) is 30.3 Å². The lowest BCUT2D eigenvalue weighted by atomic mass is 10.1. The maximum Gasteiger partial charge on any atom is 0.270 e. The number of nitro benzene ring substituents is 1. The number of ether oxygens (including phenoxy) is 1.